The molecule has 1 unspecified atom stereocenters. The quantitative estimate of drug-likeness (QED) is 0.674. The van der Waals surface area contributed by atoms with Gasteiger partial charge in [0.2, 0.25) is 17.7 Å². The number of carbonyl (C=O) groups is 3. The molecule has 0 saturated carbocycles. The van der Waals surface area contributed by atoms with Gasteiger partial charge in [0.05, 0.1) is 13.1 Å². The Morgan fingerprint density at radius 3 is 2.64 bits per heavy atom. The Bertz CT molecular complexity index is 547. The van der Waals surface area contributed by atoms with Crippen molar-refractivity contribution in [3.63, 3.8) is 0 Å². The maximum atomic E-state index is 12.5. The van der Waals surface area contributed by atoms with Crippen LogP contribution in [0.2, 0.25) is 0 Å². The molecule has 1 aromatic carbocycles. The standard InChI is InChI=1S/C15H20N4O3/c16-9-13(20)17-10-14(21)18-12-7-4-8-19(15(12)22)11-5-2-1-3-6-11/h1-3,5-6,12H,4,7-10,16H2,(H,17,20)(H,18,21). The average molecular weight is 304 g/mol. The van der Waals surface area contributed by atoms with Crippen molar-refractivity contribution in [3.05, 3.63) is 30.3 Å². The monoisotopic (exact) mass is 304 g/mol. The summed E-state index contributed by atoms with van der Waals surface area (Å²) in [6, 6.07) is 8.79. The van der Waals surface area contributed by atoms with Crippen LogP contribution < -0.4 is 21.3 Å². The van der Waals surface area contributed by atoms with E-state index in [-0.39, 0.29) is 19.0 Å². The lowest BCUT2D eigenvalue weighted by Crippen LogP contribution is -2.54. The van der Waals surface area contributed by atoms with Crippen LogP contribution >= 0.6 is 0 Å². The van der Waals surface area contributed by atoms with Crippen molar-refractivity contribution in [2.75, 3.05) is 24.5 Å². The molecule has 1 atom stereocenters. The number of benzene rings is 1. The minimum Gasteiger partial charge on any atom is -0.346 e. The van der Waals surface area contributed by atoms with E-state index in [1.54, 1.807) is 4.90 Å². The number of para-hydroxylation sites is 1. The van der Waals surface area contributed by atoms with E-state index >= 15 is 0 Å². The van der Waals surface area contributed by atoms with Gasteiger partial charge in [-0.05, 0) is 25.0 Å². The van der Waals surface area contributed by atoms with Gasteiger partial charge in [0.25, 0.3) is 0 Å². The predicted molar refractivity (Wildman–Crippen MR) is 82.0 cm³/mol. The minimum absolute atomic E-state index is 0.129. The zero-order chi connectivity index (χ0) is 15.9. The number of hydrogen-bond acceptors (Lipinski definition) is 4. The first kappa shape index (κ1) is 16.0. The largest absolute Gasteiger partial charge is 0.346 e. The van der Waals surface area contributed by atoms with E-state index < -0.39 is 17.9 Å². The molecule has 1 heterocycles. The van der Waals surface area contributed by atoms with Crippen molar-refractivity contribution in [2.45, 2.75) is 18.9 Å². The molecule has 1 aromatic rings. The molecule has 1 aliphatic rings. The van der Waals surface area contributed by atoms with Crippen molar-refractivity contribution < 1.29 is 14.4 Å². The predicted octanol–water partition coefficient (Wildman–Crippen LogP) is -0.627. The summed E-state index contributed by atoms with van der Waals surface area (Å²) in [4.78, 5) is 36.9. The second kappa shape index (κ2) is 7.56. The third-order valence-electron chi connectivity index (χ3n) is 3.47. The molecule has 0 radical (unpaired) electrons. The van der Waals surface area contributed by atoms with Crippen LogP contribution in [0.25, 0.3) is 0 Å². The lowest BCUT2D eigenvalue weighted by molar-refractivity contribution is -0.129. The van der Waals surface area contributed by atoms with E-state index in [9.17, 15) is 14.4 Å². The molecule has 1 fully saturated rings. The van der Waals surface area contributed by atoms with Crippen LogP contribution in [0.15, 0.2) is 30.3 Å². The van der Waals surface area contributed by atoms with Crippen LogP contribution in [-0.2, 0) is 14.4 Å². The van der Waals surface area contributed by atoms with Gasteiger partial charge in [0.15, 0.2) is 0 Å². The summed E-state index contributed by atoms with van der Waals surface area (Å²) in [5.74, 6) is -0.929. The van der Waals surface area contributed by atoms with Gasteiger partial charge in [0, 0.05) is 12.2 Å². The van der Waals surface area contributed by atoms with E-state index in [2.05, 4.69) is 10.6 Å². The van der Waals surface area contributed by atoms with Gasteiger partial charge in [-0.25, -0.2) is 0 Å². The zero-order valence-corrected chi connectivity index (χ0v) is 12.2. The highest BCUT2D eigenvalue weighted by Gasteiger charge is 2.30. The summed E-state index contributed by atoms with van der Waals surface area (Å²) in [6.07, 6.45) is 1.40. The second-order valence-electron chi connectivity index (χ2n) is 5.07. The Labute approximate surface area is 128 Å². The maximum Gasteiger partial charge on any atom is 0.249 e. The van der Waals surface area contributed by atoms with Gasteiger partial charge < -0.3 is 21.3 Å². The number of anilines is 1. The highest BCUT2D eigenvalue weighted by Crippen LogP contribution is 2.20. The van der Waals surface area contributed by atoms with E-state index in [1.165, 1.54) is 0 Å². The van der Waals surface area contributed by atoms with Gasteiger partial charge in [-0.2, -0.15) is 0 Å². The number of nitrogens with zero attached hydrogens (tertiary/aromatic N) is 1. The number of amides is 3. The van der Waals surface area contributed by atoms with Crippen LogP contribution in [0.5, 0.6) is 0 Å². The molecule has 3 amide bonds. The highest BCUT2D eigenvalue weighted by molar-refractivity contribution is 6.00. The molecule has 7 heteroatoms. The van der Waals surface area contributed by atoms with Gasteiger partial charge in [-0.3, -0.25) is 14.4 Å². The maximum absolute atomic E-state index is 12.5. The van der Waals surface area contributed by atoms with Gasteiger partial charge in [-0.15, -0.1) is 0 Å². The SMILES string of the molecule is NCC(=O)NCC(=O)NC1CCCN(c2ccccc2)C1=O. The van der Waals surface area contributed by atoms with Crippen LogP contribution in [0.1, 0.15) is 12.8 Å². The first-order chi connectivity index (χ1) is 10.6. The fourth-order valence-corrected chi connectivity index (χ4v) is 2.37. The number of nitrogens with two attached hydrogens (primary N) is 1. The normalized spacial score (nSPS) is 18.0. The summed E-state index contributed by atoms with van der Waals surface area (Å²) in [5, 5.41) is 5.04. The van der Waals surface area contributed by atoms with Crippen molar-refractivity contribution in [1.82, 2.24) is 10.6 Å². The highest BCUT2D eigenvalue weighted by atomic mass is 16.2. The first-order valence-electron chi connectivity index (χ1n) is 7.24. The molecule has 0 aromatic heterocycles. The van der Waals surface area contributed by atoms with Crippen LogP contribution in [0, 0.1) is 0 Å². The molecule has 118 valence electrons. The van der Waals surface area contributed by atoms with Crippen molar-refractivity contribution in [1.29, 1.82) is 0 Å². The number of hydrogen-bond donors (Lipinski definition) is 3. The summed E-state index contributed by atoms with van der Waals surface area (Å²) in [5.41, 5.74) is 5.96. The fourth-order valence-electron chi connectivity index (χ4n) is 2.37. The molecule has 7 nitrogen and oxygen atoms in total. The fraction of sp³-hybridized carbons (Fsp3) is 0.400. The zero-order valence-electron chi connectivity index (χ0n) is 12.2. The van der Waals surface area contributed by atoms with Crippen molar-refractivity contribution >= 4 is 23.4 Å². The number of carbonyl (C=O) groups excluding carboxylic acids is 3. The first-order valence-corrected chi connectivity index (χ1v) is 7.24. The molecule has 0 aliphatic carbocycles. The molecule has 1 aliphatic heterocycles. The Morgan fingerprint density at radius 1 is 1.23 bits per heavy atom. The molecular weight excluding hydrogens is 284 g/mol. The summed E-state index contributed by atoms with van der Waals surface area (Å²) in [6.45, 7) is 0.293. The third kappa shape index (κ3) is 4.05. The topological polar surface area (TPSA) is 105 Å². The Balaban J connectivity index is 1.93. The molecule has 22 heavy (non-hydrogen) atoms. The Hall–Kier alpha value is -2.41. The third-order valence-corrected chi connectivity index (χ3v) is 3.47. The molecule has 4 N–H and O–H groups in total. The van der Waals surface area contributed by atoms with Crippen LogP contribution in [-0.4, -0.2) is 43.4 Å². The van der Waals surface area contributed by atoms with E-state index in [1.807, 2.05) is 30.3 Å². The molecule has 1 saturated heterocycles. The molecular formula is C15H20N4O3. The summed E-state index contributed by atoms with van der Waals surface area (Å²) >= 11 is 0. The van der Waals surface area contributed by atoms with Crippen molar-refractivity contribution in [3.8, 4) is 0 Å². The lowest BCUT2D eigenvalue weighted by atomic mass is 10.0. The summed E-state index contributed by atoms with van der Waals surface area (Å²) in [7, 11) is 0. The Morgan fingerprint density at radius 2 is 1.95 bits per heavy atom. The summed E-state index contributed by atoms with van der Waals surface area (Å²) < 4.78 is 0. The Kier molecular flexibility index (Phi) is 5.48. The molecule has 0 spiro atoms. The van der Waals surface area contributed by atoms with Crippen LogP contribution in [0.3, 0.4) is 0 Å². The number of rotatable bonds is 5. The second-order valence-corrected chi connectivity index (χ2v) is 5.07. The number of nitrogens with one attached hydrogen (secondary N) is 2. The van der Waals surface area contributed by atoms with E-state index in [4.69, 9.17) is 5.73 Å². The molecule has 0 bridgehead atoms. The van der Waals surface area contributed by atoms with E-state index in [0.29, 0.717) is 13.0 Å². The van der Waals surface area contributed by atoms with Gasteiger partial charge in [0.1, 0.15) is 6.04 Å². The number of piperidine rings is 1. The van der Waals surface area contributed by atoms with Gasteiger partial charge in [-0.1, -0.05) is 18.2 Å². The average Bonchev–Trinajstić information content (AvgIpc) is 2.55. The molecule has 2 rings (SSSR count). The van der Waals surface area contributed by atoms with Crippen LogP contribution in [0.4, 0.5) is 5.69 Å². The minimum atomic E-state index is -0.559. The van der Waals surface area contributed by atoms with Gasteiger partial charge >= 0.3 is 0 Å². The lowest BCUT2D eigenvalue weighted by Gasteiger charge is -2.32. The smallest absolute Gasteiger partial charge is 0.249 e. The van der Waals surface area contributed by atoms with Crippen molar-refractivity contribution in [2.24, 2.45) is 5.73 Å². The van der Waals surface area contributed by atoms with E-state index in [0.717, 1.165) is 12.1 Å².